The minimum Gasteiger partial charge on any atom is -0.498 e. The van der Waals surface area contributed by atoms with Crippen LogP contribution in [0.1, 0.15) is 31.9 Å². The molecule has 0 radical (unpaired) electrons. The third-order valence-corrected chi connectivity index (χ3v) is 1.93. The van der Waals surface area contributed by atoms with Gasteiger partial charge in [-0.05, 0) is 23.1 Å². The van der Waals surface area contributed by atoms with Crippen LogP contribution in [-0.4, -0.2) is 0 Å². The van der Waals surface area contributed by atoms with E-state index < -0.39 is 0 Å². The zero-order valence-corrected chi connectivity index (χ0v) is 8.16. The number of rotatable bonds is 0. The molecule has 13 heavy (non-hydrogen) atoms. The van der Waals surface area contributed by atoms with Crippen molar-refractivity contribution in [2.24, 2.45) is 0 Å². The van der Waals surface area contributed by atoms with Gasteiger partial charge >= 0.3 is 6.07 Å². The van der Waals surface area contributed by atoms with Gasteiger partial charge in [-0.1, -0.05) is 32.9 Å². The second-order valence-electron chi connectivity index (χ2n) is 4.03. The topological polar surface area (TPSA) is 27.4 Å². The van der Waals surface area contributed by atoms with Gasteiger partial charge < -0.3 is 5.21 Å². The molecule has 0 saturated carbocycles. The number of benzene rings is 1. The Labute approximate surface area is 78.6 Å². The van der Waals surface area contributed by atoms with Crippen molar-refractivity contribution < 1.29 is 0 Å². The molecule has 0 heterocycles. The highest BCUT2D eigenvalue weighted by Gasteiger charge is 2.12. The van der Waals surface area contributed by atoms with Gasteiger partial charge in [-0.3, -0.25) is 0 Å². The largest absolute Gasteiger partial charge is 0.498 e. The summed E-state index contributed by atoms with van der Waals surface area (Å²) in [5.41, 5.74) is 2.11. The molecule has 0 bridgehead atoms. The smallest absolute Gasteiger partial charge is 0.336 e. The van der Waals surface area contributed by atoms with E-state index in [1.54, 1.807) is 0 Å². The Hall–Kier alpha value is -1.49. The van der Waals surface area contributed by atoms with Crippen molar-refractivity contribution >= 4 is 0 Å². The molecule has 0 saturated heterocycles. The van der Waals surface area contributed by atoms with Crippen LogP contribution in [0.4, 0.5) is 0 Å². The van der Waals surface area contributed by atoms with E-state index in [0.29, 0.717) is 0 Å². The lowest BCUT2D eigenvalue weighted by Crippen LogP contribution is -2.10. The Morgan fingerprint density at radius 1 is 1.15 bits per heavy atom. The Balaban J connectivity index is 2.98. The second-order valence-corrected chi connectivity index (χ2v) is 4.03. The molecule has 1 aromatic rings. The minimum atomic E-state index is 0.146. The quantitative estimate of drug-likeness (QED) is 0.556. The number of hydrogen-bond donors (Lipinski definition) is 0. The summed E-state index contributed by atoms with van der Waals surface area (Å²) in [6.45, 7) is 6.44. The third-order valence-electron chi connectivity index (χ3n) is 1.93. The van der Waals surface area contributed by atoms with Gasteiger partial charge in [0, 0.05) is 5.01 Å². The molecule has 0 fully saturated rings. The molecule has 68 valence electrons. The first kappa shape index (κ1) is 9.60. The molecule has 2 heteroatoms. The van der Waals surface area contributed by atoms with Crippen molar-refractivity contribution in [1.82, 2.24) is 0 Å². The number of hydrogen-bond acceptors (Lipinski definition) is 1. The molecular formula is C11H13NO. The van der Waals surface area contributed by atoms with Gasteiger partial charge in [0.25, 0.3) is 0 Å². The SMILES string of the molecule is CC(C)(C)c1ccc(C#[N+][O-])cc1. The summed E-state index contributed by atoms with van der Waals surface area (Å²) in [7, 11) is 0. The first-order valence-corrected chi connectivity index (χ1v) is 4.23. The number of nitrogens with zero attached hydrogens (tertiary/aromatic N) is 1. The minimum absolute atomic E-state index is 0.146. The van der Waals surface area contributed by atoms with Gasteiger partial charge in [-0.25, -0.2) is 0 Å². The molecule has 0 aromatic heterocycles. The summed E-state index contributed by atoms with van der Waals surface area (Å²) in [5, 5.41) is 12.5. The molecule has 0 unspecified atom stereocenters. The van der Waals surface area contributed by atoms with Crippen molar-refractivity contribution in [3.63, 3.8) is 0 Å². The van der Waals surface area contributed by atoms with Crippen LogP contribution >= 0.6 is 0 Å². The van der Waals surface area contributed by atoms with Gasteiger partial charge in [0.05, 0.1) is 0 Å². The van der Waals surface area contributed by atoms with E-state index in [0.717, 1.165) is 5.56 Å². The molecule has 0 atom stereocenters. The van der Waals surface area contributed by atoms with Crippen molar-refractivity contribution in [2.75, 3.05) is 0 Å². The second kappa shape index (κ2) is 3.49. The third kappa shape index (κ3) is 2.48. The van der Waals surface area contributed by atoms with E-state index in [-0.39, 0.29) is 5.41 Å². The first-order valence-electron chi connectivity index (χ1n) is 4.23. The fraction of sp³-hybridized carbons (Fsp3) is 0.364. The Morgan fingerprint density at radius 3 is 2.08 bits per heavy atom. The highest BCUT2D eigenvalue weighted by atomic mass is 16.4. The Bertz CT molecular complexity index is 335. The lowest BCUT2D eigenvalue weighted by atomic mass is 9.87. The van der Waals surface area contributed by atoms with E-state index in [1.807, 2.05) is 24.3 Å². The van der Waals surface area contributed by atoms with E-state index in [9.17, 15) is 5.21 Å². The maximum absolute atomic E-state index is 9.89. The Morgan fingerprint density at radius 2 is 1.69 bits per heavy atom. The summed E-state index contributed by atoms with van der Waals surface area (Å²) >= 11 is 0. The monoisotopic (exact) mass is 175 g/mol. The Kier molecular flexibility index (Phi) is 2.57. The molecule has 2 nitrogen and oxygen atoms in total. The molecule has 0 aliphatic rings. The summed E-state index contributed by atoms with van der Waals surface area (Å²) in [4.78, 5) is 0. The van der Waals surface area contributed by atoms with Crippen LogP contribution in [0.2, 0.25) is 0 Å². The lowest BCUT2D eigenvalue weighted by molar-refractivity contribution is 0.590. The van der Waals surface area contributed by atoms with Crippen LogP contribution in [0, 0.1) is 11.3 Å². The van der Waals surface area contributed by atoms with Gasteiger partial charge in [-0.2, -0.15) is 0 Å². The normalized spacial score (nSPS) is 10.4. The van der Waals surface area contributed by atoms with E-state index in [2.05, 4.69) is 31.8 Å². The highest BCUT2D eigenvalue weighted by Crippen LogP contribution is 2.21. The highest BCUT2D eigenvalue weighted by molar-refractivity contribution is 5.36. The molecule has 0 N–H and O–H groups in total. The fourth-order valence-corrected chi connectivity index (χ4v) is 1.10. The van der Waals surface area contributed by atoms with E-state index >= 15 is 0 Å². The average Bonchev–Trinajstić information content (AvgIpc) is 2.04. The zero-order chi connectivity index (χ0) is 9.90. The molecule has 1 aromatic carbocycles. The van der Waals surface area contributed by atoms with E-state index in [4.69, 9.17) is 0 Å². The molecule has 0 amide bonds. The van der Waals surface area contributed by atoms with Gasteiger partial charge in [-0.15, -0.1) is 0 Å². The van der Waals surface area contributed by atoms with Crippen molar-refractivity contribution in [2.45, 2.75) is 26.2 Å². The first-order chi connectivity index (χ1) is 6.04. The standard InChI is InChI=1S/C11H13NO/c1-11(2,3)10-6-4-9(5-7-10)8-12-13/h4-7H,1-3H3. The van der Waals surface area contributed by atoms with Gasteiger partial charge in [0.1, 0.15) is 5.56 Å². The molecule has 0 aliphatic carbocycles. The molecule has 1 rings (SSSR count). The van der Waals surface area contributed by atoms with Crippen LogP contribution in [0.5, 0.6) is 0 Å². The van der Waals surface area contributed by atoms with Crippen molar-refractivity contribution in [3.05, 3.63) is 45.6 Å². The maximum atomic E-state index is 9.89. The van der Waals surface area contributed by atoms with Crippen LogP contribution in [-0.2, 0) is 5.41 Å². The fourth-order valence-electron chi connectivity index (χ4n) is 1.10. The predicted octanol–water partition coefficient (Wildman–Crippen LogP) is 3.16. The van der Waals surface area contributed by atoms with Crippen molar-refractivity contribution in [3.8, 4) is 6.07 Å². The van der Waals surface area contributed by atoms with Gasteiger partial charge in [0.2, 0.25) is 0 Å². The summed E-state index contributed by atoms with van der Waals surface area (Å²) in [6, 6.07) is 10.0. The summed E-state index contributed by atoms with van der Waals surface area (Å²) in [5.74, 6) is 0. The van der Waals surface area contributed by atoms with E-state index in [1.165, 1.54) is 5.56 Å². The maximum Gasteiger partial charge on any atom is 0.336 e. The summed E-state index contributed by atoms with van der Waals surface area (Å²) < 4.78 is 0. The lowest BCUT2D eigenvalue weighted by Gasteiger charge is -2.18. The van der Waals surface area contributed by atoms with Crippen LogP contribution < -0.4 is 0 Å². The van der Waals surface area contributed by atoms with Crippen LogP contribution in [0.3, 0.4) is 0 Å². The van der Waals surface area contributed by atoms with Crippen molar-refractivity contribution in [1.29, 1.82) is 0 Å². The predicted molar refractivity (Wildman–Crippen MR) is 54.9 cm³/mol. The molecule has 0 aliphatic heterocycles. The average molecular weight is 175 g/mol. The van der Waals surface area contributed by atoms with Crippen LogP contribution in [0.15, 0.2) is 24.3 Å². The zero-order valence-electron chi connectivity index (χ0n) is 8.16. The van der Waals surface area contributed by atoms with Crippen LogP contribution in [0.25, 0.3) is 5.01 Å². The molecular weight excluding hydrogens is 162 g/mol. The molecule has 0 spiro atoms. The van der Waals surface area contributed by atoms with Gasteiger partial charge in [0.15, 0.2) is 0 Å². The summed E-state index contributed by atoms with van der Waals surface area (Å²) in [6.07, 6.45) is 0.